The second-order valence-corrected chi connectivity index (χ2v) is 6.43. The maximum absolute atomic E-state index is 12.7. The summed E-state index contributed by atoms with van der Waals surface area (Å²) in [6.45, 7) is 0. The van der Waals surface area contributed by atoms with Gasteiger partial charge in [-0.1, -0.05) is 0 Å². The molecule has 0 spiro atoms. The average Bonchev–Trinajstić information content (AvgIpc) is 3.28. The van der Waals surface area contributed by atoms with Crippen LogP contribution in [0.3, 0.4) is 0 Å². The van der Waals surface area contributed by atoms with Crippen molar-refractivity contribution in [1.29, 1.82) is 0 Å². The fourth-order valence-electron chi connectivity index (χ4n) is 2.86. The molecule has 0 atom stereocenters. The Morgan fingerprint density at radius 1 is 1.29 bits per heavy atom. The molecule has 0 saturated carbocycles. The van der Waals surface area contributed by atoms with Gasteiger partial charge in [-0.05, 0) is 54.8 Å². The van der Waals surface area contributed by atoms with E-state index in [9.17, 15) is 4.79 Å². The number of aryl methyl sites for hydroxylation is 1. The topological polar surface area (TPSA) is 52.3 Å². The third-order valence-corrected chi connectivity index (χ3v) is 4.96. The minimum Gasteiger partial charge on any atom is -0.497 e. The van der Waals surface area contributed by atoms with E-state index in [4.69, 9.17) is 9.15 Å². The van der Waals surface area contributed by atoms with E-state index in [1.165, 1.54) is 11.3 Å². The number of carbonyl (C=O) groups excluding carboxylic acids is 1. The van der Waals surface area contributed by atoms with Crippen molar-refractivity contribution < 1.29 is 13.9 Å². The number of fused-ring (bicyclic) bond motifs is 1. The Labute approximate surface area is 143 Å². The first-order chi connectivity index (χ1) is 11.7. The van der Waals surface area contributed by atoms with Crippen molar-refractivity contribution in [2.45, 2.75) is 12.8 Å². The van der Waals surface area contributed by atoms with Crippen LogP contribution in [-0.4, -0.2) is 17.9 Å². The summed E-state index contributed by atoms with van der Waals surface area (Å²) in [5, 5.41) is 2.77. The monoisotopic (exact) mass is 337 g/mol. The van der Waals surface area contributed by atoms with Crippen molar-refractivity contribution in [3.8, 4) is 16.5 Å². The Morgan fingerprint density at radius 2 is 2.21 bits per heavy atom. The first-order valence-electron chi connectivity index (χ1n) is 7.66. The number of furan rings is 1. The molecule has 4 nitrogen and oxygen atoms in total. The van der Waals surface area contributed by atoms with Crippen LogP contribution in [0.1, 0.15) is 28.0 Å². The molecule has 5 heteroatoms. The molecule has 0 aliphatic heterocycles. The summed E-state index contributed by atoms with van der Waals surface area (Å²) in [5.74, 6) is 1.61. The van der Waals surface area contributed by atoms with Crippen LogP contribution in [0.4, 0.5) is 0 Å². The molecule has 1 aliphatic rings. The van der Waals surface area contributed by atoms with E-state index in [1.54, 1.807) is 13.4 Å². The Kier molecular flexibility index (Phi) is 3.78. The van der Waals surface area contributed by atoms with Crippen LogP contribution in [0.5, 0.6) is 5.75 Å². The molecule has 0 bridgehead atoms. The van der Waals surface area contributed by atoms with Crippen LogP contribution in [-0.2, 0) is 6.42 Å². The van der Waals surface area contributed by atoms with E-state index in [0.717, 1.165) is 45.3 Å². The molecule has 0 radical (unpaired) electrons. The SMILES string of the molecule is COc1ccc2c(c1)CC/C(=C\c1csc(-c3ccco3)n1)C2=O. The number of rotatable bonds is 3. The van der Waals surface area contributed by atoms with Crippen molar-refractivity contribution >= 4 is 23.2 Å². The lowest BCUT2D eigenvalue weighted by Crippen LogP contribution is -2.14. The van der Waals surface area contributed by atoms with Gasteiger partial charge in [0.15, 0.2) is 16.6 Å². The smallest absolute Gasteiger partial charge is 0.189 e. The Bertz CT molecular complexity index is 922. The molecule has 0 amide bonds. The van der Waals surface area contributed by atoms with E-state index in [-0.39, 0.29) is 5.78 Å². The highest BCUT2D eigenvalue weighted by atomic mass is 32.1. The number of ketones is 1. The van der Waals surface area contributed by atoms with Gasteiger partial charge in [0, 0.05) is 16.5 Å². The van der Waals surface area contributed by atoms with E-state index >= 15 is 0 Å². The maximum Gasteiger partial charge on any atom is 0.189 e. The molecule has 3 aromatic rings. The summed E-state index contributed by atoms with van der Waals surface area (Å²) in [4.78, 5) is 17.2. The van der Waals surface area contributed by atoms with Gasteiger partial charge in [-0.15, -0.1) is 11.3 Å². The van der Waals surface area contributed by atoms with Gasteiger partial charge in [0.05, 0.1) is 19.1 Å². The van der Waals surface area contributed by atoms with Crippen molar-refractivity contribution in [1.82, 2.24) is 4.98 Å². The number of benzene rings is 1. The van der Waals surface area contributed by atoms with E-state index in [1.807, 2.05) is 41.8 Å². The zero-order chi connectivity index (χ0) is 16.5. The molecule has 120 valence electrons. The summed E-state index contributed by atoms with van der Waals surface area (Å²) < 4.78 is 10.6. The Balaban J connectivity index is 1.63. The molecule has 2 heterocycles. The zero-order valence-electron chi connectivity index (χ0n) is 13.1. The summed E-state index contributed by atoms with van der Waals surface area (Å²) in [6, 6.07) is 9.34. The molecule has 0 fully saturated rings. The maximum atomic E-state index is 12.7. The van der Waals surface area contributed by atoms with Crippen molar-refractivity contribution in [3.05, 3.63) is 64.4 Å². The molecule has 1 aliphatic carbocycles. The van der Waals surface area contributed by atoms with Crippen LogP contribution >= 0.6 is 11.3 Å². The van der Waals surface area contributed by atoms with Gasteiger partial charge in [-0.3, -0.25) is 4.79 Å². The van der Waals surface area contributed by atoms with E-state index in [2.05, 4.69) is 4.98 Å². The van der Waals surface area contributed by atoms with Crippen LogP contribution in [0.25, 0.3) is 16.8 Å². The number of thiazole rings is 1. The Hall–Kier alpha value is -2.66. The third-order valence-electron chi connectivity index (χ3n) is 4.09. The van der Waals surface area contributed by atoms with Crippen molar-refractivity contribution in [2.24, 2.45) is 0 Å². The van der Waals surface area contributed by atoms with Crippen LogP contribution in [0.2, 0.25) is 0 Å². The van der Waals surface area contributed by atoms with Gasteiger partial charge in [-0.2, -0.15) is 0 Å². The Morgan fingerprint density at radius 3 is 3.00 bits per heavy atom. The number of Topliss-reactive ketones (excluding diaryl/α,β-unsaturated/α-hetero) is 1. The second-order valence-electron chi connectivity index (χ2n) is 5.58. The molecular formula is C19H15NO3S. The summed E-state index contributed by atoms with van der Waals surface area (Å²) in [5.41, 5.74) is 3.40. The molecule has 4 rings (SSSR count). The van der Waals surface area contributed by atoms with E-state index < -0.39 is 0 Å². The van der Waals surface area contributed by atoms with Gasteiger partial charge in [0.1, 0.15) is 5.75 Å². The summed E-state index contributed by atoms with van der Waals surface area (Å²) >= 11 is 1.51. The second kappa shape index (κ2) is 6.09. The predicted octanol–water partition coefficient (Wildman–Crippen LogP) is 4.62. The van der Waals surface area contributed by atoms with E-state index in [0.29, 0.717) is 6.42 Å². The molecule has 1 aromatic carbocycles. The van der Waals surface area contributed by atoms with Crippen LogP contribution in [0.15, 0.2) is 52.0 Å². The lowest BCUT2D eigenvalue weighted by molar-refractivity contribution is 0.102. The van der Waals surface area contributed by atoms with Gasteiger partial charge in [0.25, 0.3) is 0 Å². The molecule has 0 N–H and O–H groups in total. The largest absolute Gasteiger partial charge is 0.497 e. The standard InChI is InChI=1S/C19H15NO3S/c1-22-15-6-7-16-12(10-15)4-5-13(18(16)21)9-14-11-24-19(20-14)17-3-2-8-23-17/h2-3,6-11H,4-5H2,1H3/b13-9+. The minimum absolute atomic E-state index is 0.0754. The van der Waals surface area contributed by atoms with Gasteiger partial charge in [-0.25, -0.2) is 4.98 Å². The number of nitrogens with zero attached hydrogens (tertiary/aromatic N) is 1. The van der Waals surface area contributed by atoms with Crippen LogP contribution in [0, 0.1) is 0 Å². The molecule has 2 aromatic heterocycles. The number of aromatic nitrogens is 1. The lowest BCUT2D eigenvalue weighted by Gasteiger charge is -2.18. The number of allylic oxidation sites excluding steroid dienone is 1. The molecule has 0 unspecified atom stereocenters. The number of hydrogen-bond acceptors (Lipinski definition) is 5. The number of ether oxygens (including phenoxy) is 1. The molecule has 0 saturated heterocycles. The van der Waals surface area contributed by atoms with Gasteiger partial charge >= 0.3 is 0 Å². The third kappa shape index (κ3) is 2.67. The van der Waals surface area contributed by atoms with Gasteiger partial charge in [0.2, 0.25) is 0 Å². The van der Waals surface area contributed by atoms with Crippen molar-refractivity contribution in [2.75, 3.05) is 7.11 Å². The lowest BCUT2D eigenvalue weighted by atomic mass is 9.86. The number of methoxy groups -OCH3 is 1. The first-order valence-corrected chi connectivity index (χ1v) is 8.54. The predicted molar refractivity (Wildman–Crippen MR) is 93.4 cm³/mol. The highest BCUT2D eigenvalue weighted by molar-refractivity contribution is 7.13. The van der Waals surface area contributed by atoms with Crippen molar-refractivity contribution in [3.63, 3.8) is 0 Å². The van der Waals surface area contributed by atoms with Gasteiger partial charge < -0.3 is 9.15 Å². The first kappa shape index (κ1) is 14.9. The summed E-state index contributed by atoms with van der Waals surface area (Å²) in [7, 11) is 1.64. The molecular weight excluding hydrogens is 322 g/mol. The fourth-order valence-corrected chi connectivity index (χ4v) is 3.61. The normalized spacial score (nSPS) is 15.5. The number of carbonyl (C=O) groups is 1. The fraction of sp³-hybridized carbons (Fsp3) is 0.158. The zero-order valence-corrected chi connectivity index (χ0v) is 13.9. The summed E-state index contributed by atoms with van der Waals surface area (Å²) in [6.07, 6.45) is 5.06. The van der Waals surface area contributed by atoms with Crippen LogP contribution < -0.4 is 4.74 Å². The average molecular weight is 337 g/mol. The highest BCUT2D eigenvalue weighted by Gasteiger charge is 2.22. The molecule has 24 heavy (non-hydrogen) atoms. The minimum atomic E-state index is 0.0754. The highest BCUT2D eigenvalue weighted by Crippen LogP contribution is 2.30. The number of hydrogen-bond donors (Lipinski definition) is 0. The quantitative estimate of drug-likeness (QED) is 0.654.